The first kappa shape index (κ1) is 5.95. The van der Waals surface area contributed by atoms with E-state index in [0.29, 0.717) is 5.92 Å². The van der Waals surface area contributed by atoms with E-state index in [4.69, 9.17) is 5.11 Å². The van der Waals surface area contributed by atoms with Crippen LogP contribution in [0.3, 0.4) is 0 Å². The van der Waals surface area contributed by atoms with Crippen LogP contribution < -0.4 is 0 Å². The van der Waals surface area contributed by atoms with Crippen LogP contribution in [-0.4, -0.2) is 16.8 Å². The van der Waals surface area contributed by atoms with E-state index < -0.39 is 5.97 Å². The predicted octanol–water partition coefficient (Wildman–Crippen LogP) is 0.637. The van der Waals surface area contributed by atoms with Crippen molar-refractivity contribution in [2.24, 2.45) is 11.8 Å². The van der Waals surface area contributed by atoms with Gasteiger partial charge < -0.3 is 5.11 Å². The summed E-state index contributed by atoms with van der Waals surface area (Å²) in [7, 11) is 0. The minimum atomic E-state index is -0.663. The fourth-order valence-electron chi connectivity index (χ4n) is 0.752. The molecular formula is C5H8O2S. The molecule has 1 aliphatic rings. The van der Waals surface area contributed by atoms with Crippen molar-refractivity contribution in [2.75, 3.05) is 5.75 Å². The highest BCUT2D eigenvalue weighted by Crippen LogP contribution is 2.38. The Morgan fingerprint density at radius 3 is 2.62 bits per heavy atom. The van der Waals surface area contributed by atoms with Crippen molar-refractivity contribution in [2.45, 2.75) is 6.42 Å². The molecule has 1 saturated carbocycles. The molecular weight excluding hydrogens is 124 g/mol. The van der Waals surface area contributed by atoms with Crippen LogP contribution in [-0.2, 0) is 4.79 Å². The van der Waals surface area contributed by atoms with E-state index in [9.17, 15) is 4.79 Å². The maximum Gasteiger partial charge on any atom is 0.306 e. The van der Waals surface area contributed by atoms with Crippen LogP contribution in [0.5, 0.6) is 0 Å². The van der Waals surface area contributed by atoms with Crippen LogP contribution in [0.15, 0.2) is 0 Å². The van der Waals surface area contributed by atoms with Gasteiger partial charge in [0.15, 0.2) is 0 Å². The molecule has 1 N–H and O–H groups in total. The number of thiol groups is 1. The van der Waals surface area contributed by atoms with Crippen molar-refractivity contribution in [1.29, 1.82) is 0 Å². The molecule has 0 aliphatic heterocycles. The van der Waals surface area contributed by atoms with E-state index in [1.165, 1.54) is 0 Å². The minimum absolute atomic E-state index is 0.0764. The van der Waals surface area contributed by atoms with E-state index in [2.05, 4.69) is 12.6 Å². The quantitative estimate of drug-likeness (QED) is 0.541. The van der Waals surface area contributed by atoms with Crippen molar-refractivity contribution in [3.05, 3.63) is 0 Å². The van der Waals surface area contributed by atoms with Gasteiger partial charge in [-0.25, -0.2) is 0 Å². The summed E-state index contributed by atoms with van der Waals surface area (Å²) in [6.45, 7) is 0. The first-order chi connectivity index (χ1) is 3.75. The Bertz CT molecular complexity index is 113. The highest BCUT2D eigenvalue weighted by molar-refractivity contribution is 7.80. The second-order valence-corrected chi connectivity index (χ2v) is 2.49. The molecule has 0 amide bonds. The van der Waals surface area contributed by atoms with Gasteiger partial charge in [-0.1, -0.05) is 0 Å². The second-order valence-electron chi connectivity index (χ2n) is 2.12. The predicted molar refractivity (Wildman–Crippen MR) is 33.1 cm³/mol. The number of hydrogen-bond acceptors (Lipinski definition) is 2. The molecule has 46 valence electrons. The van der Waals surface area contributed by atoms with Crippen molar-refractivity contribution < 1.29 is 9.90 Å². The van der Waals surface area contributed by atoms with Crippen LogP contribution in [0.2, 0.25) is 0 Å². The van der Waals surface area contributed by atoms with E-state index >= 15 is 0 Å². The number of rotatable bonds is 2. The van der Waals surface area contributed by atoms with Crippen LogP contribution in [0, 0.1) is 11.8 Å². The molecule has 8 heavy (non-hydrogen) atoms. The Kier molecular flexibility index (Phi) is 1.47. The number of carboxylic acids is 1. The molecule has 1 fully saturated rings. The summed E-state index contributed by atoms with van der Waals surface area (Å²) < 4.78 is 0. The Labute approximate surface area is 53.3 Å². The third kappa shape index (κ3) is 0.968. The number of carboxylic acid groups (broad SMARTS) is 1. The van der Waals surface area contributed by atoms with Crippen LogP contribution >= 0.6 is 12.6 Å². The van der Waals surface area contributed by atoms with Gasteiger partial charge >= 0.3 is 5.97 Å². The van der Waals surface area contributed by atoms with Gasteiger partial charge in [0, 0.05) is 0 Å². The molecule has 1 rings (SSSR count). The van der Waals surface area contributed by atoms with Gasteiger partial charge in [0.1, 0.15) is 0 Å². The molecule has 1 aliphatic carbocycles. The average molecular weight is 132 g/mol. The molecule has 0 bridgehead atoms. The van der Waals surface area contributed by atoms with Crippen LogP contribution in [0.25, 0.3) is 0 Å². The summed E-state index contributed by atoms with van der Waals surface area (Å²) in [4.78, 5) is 10.1. The molecule has 2 unspecified atom stereocenters. The maximum atomic E-state index is 10.1. The van der Waals surface area contributed by atoms with Crippen molar-refractivity contribution >= 4 is 18.6 Å². The van der Waals surface area contributed by atoms with Crippen LogP contribution in [0.1, 0.15) is 6.42 Å². The van der Waals surface area contributed by atoms with Crippen molar-refractivity contribution in [1.82, 2.24) is 0 Å². The lowest BCUT2D eigenvalue weighted by Crippen LogP contribution is -1.99. The molecule has 0 aromatic rings. The Hall–Kier alpha value is -0.180. The first-order valence-electron chi connectivity index (χ1n) is 2.59. The topological polar surface area (TPSA) is 37.3 Å². The van der Waals surface area contributed by atoms with Gasteiger partial charge in [-0.2, -0.15) is 12.6 Å². The Morgan fingerprint density at radius 1 is 1.88 bits per heavy atom. The van der Waals surface area contributed by atoms with Gasteiger partial charge in [0.2, 0.25) is 0 Å². The lowest BCUT2D eigenvalue weighted by atomic mass is 10.3. The summed E-state index contributed by atoms with van der Waals surface area (Å²) in [5, 5.41) is 8.32. The Balaban J connectivity index is 2.26. The largest absolute Gasteiger partial charge is 0.481 e. The van der Waals surface area contributed by atoms with Gasteiger partial charge in [0.25, 0.3) is 0 Å². The maximum absolute atomic E-state index is 10.1. The number of aliphatic carboxylic acids is 1. The molecule has 0 radical (unpaired) electrons. The van der Waals surface area contributed by atoms with E-state index in [-0.39, 0.29) is 5.92 Å². The fourth-order valence-corrected chi connectivity index (χ4v) is 1.16. The summed E-state index contributed by atoms with van der Waals surface area (Å²) in [6, 6.07) is 0. The monoisotopic (exact) mass is 132 g/mol. The van der Waals surface area contributed by atoms with Crippen molar-refractivity contribution in [3.63, 3.8) is 0 Å². The standard InChI is InChI=1S/C5H8O2S/c6-5(7)4-1-3(4)2-8/h3-4,8H,1-2H2,(H,6,7). The summed E-state index contributed by atoms with van der Waals surface area (Å²) in [6.07, 6.45) is 0.832. The molecule has 0 aromatic heterocycles. The van der Waals surface area contributed by atoms with E-state index in [1.54, 1.807) is 0 Å². The third-order valence-corrected chi connectivity index (χ3v) is 1.94. The summed E-state index contributed by atoms with van der Waals surface area (Å²) in [5.74, 6) is 0.337. The molecule has 0 spiro atoms. The second kappa shape index (κ2) is 1.97. The molecule has 3 heteroatoms. The highest BCUT2D eigenvalue weighted by atomic mass is 32.1. The Morgan fingerprint density at radius 2 is 2.50 bits per heavy atom. The normalized spacial score (nSPS) is 34.6. The average Bonchev–Trinajstić information content (AvgIpc) is 2.42. The lowest BCUT2D eigenvalue weighted by molar-refractivity contribution is -0.138. The van der Waals surface area contributed by atoms with E-state index in [1.807, 2.05) is 0 Å². The summed E-state index contributed by atoms with van der Waals surface area (Å²) in [5.41, 5.74) is 0. The third-order valence-electron chi connectivity index (χ3n) is 1.47. The molecule has 2 nitrogen and oxygen atoms in total. The number of carbonyl (C=O) groups is 1. The van der Waals surface area contributed by atoms with Gasteiger partial charge in [-0.15, -0.1) is 0 Å². The minimum Gasteiger partial charge on any atom is -0.481 e. The zero-order valence-corrected chi connectivity index (χ0v) is 5.27. The lowest BCUT2D eigenvalue weighted by Gasteiger charge is -1.84. The highest BCUT2D eigenvalue weighted by Gasteiger charge is 2.41. The molecule has 0 aromatic carbocycles. The van der Waals surface area contributed by atoms with Gasteiger partial charge in [-0.3, -0.25) is 4.79 Å². The molecule has 0 heterocycles. The van der Waals surface area contributed by atoms with Gasteiger partial charge in [-0.05, 0) is 18.1 Å². The van der Waals surface area contributed by atoms with Gasteiger partial charge in [0.05, 0.1) is 5.92 Å². The SMILES string of the molecule is O=C(O)C1CC1CS. The zero-order valence-electron chi connectivity index (χ0n) is 4.37. The van der Waals surface area contributed by atoms with Crippen LogP contribution in [0.4, 0.5) is 0 Å². The van der Waals surface area contributed by atoms with E-state index in [0.717, 1.165) is 12.2 Å². The molecule has 2 atom stereocenters. The first-order valence-corrected chi connectivity index (χ1v) is 3.22. The fraction of sp³-hybridized carbons (Fsp3) is 0.800. The smallest absolute Gasteiger partial charge is 0.306 e. The van der Waals surface area contributed by atoms with Crippen molar-refractivity contribution in [3.8, 4) is 0 Å². The number of hydrogen-bond donors (Lipinski definition) is 2. The zero-order chi connectivity index (χ0) is 6.15. The summed E-state index contributed by atoms with van der Waals surface area (Å²) >= 11 is 3.97. The molecule has 0 saturated heterocycles.